The highest BCUT2D eigenvalue weighted by Crippen LogP contribution is 2.40. The van der Waals surface area contributed by atoms with E-state index in [4.69, 9.17) is 4.74 Å². The van der Waals surface area contributed by atoms with Crippen LogP contribution in [0.25, 0.3) is 5.57 Å². The second kappa shape index (κ2) is 9.03. The highest BCUT2D eigenvalue weighted by molar-refractivity contribution is 5.94. The Labute approximate surface area is 187 Å². The summed E-state index contributed by atoms with van der Waals surface area (Å²) in [4.78, 5) is 23.3. The van der Waals surface area contributed by atoms with Crippen molar-refractivity contribution >= 4 is 23.0 Å². The number of aromatic nitrogens is 1. The highest BCUT2D eigenvalue weighted by Gasteiger charge is 2.39. The zero-order valence-electron chi connectivity index (χ0n) is 17.2. The topological polar surface area (TPSA) is 97.4 Å². The van der Waals surface area contributed by atoms with Crippen LogP contribution in [0.4, 0.5) is 25.0 Å². The van der Waals surface area contributed by atoms with Crippen LogP contribution in [0.1, 0.15) is 11.3 Å². The summed E-state index contributed by atoms with van der Waals surface area (Å²) in [7, 11) is 0. The maximum absolute atomic E-state index is 13.9. The molecule has 2 N–H and O–H groups in total. The zero-order chi connectivity index (χ0) is 23.4. The van der Waals surface area contributed by atoms with Crippen molar-refractivity contribution in [1.29, 1.82) is 0 Å². The summed E-state index contributed by atoms with van der Waals surface area (Å²) in [5.74, 6) is 0.0949. The molecule has 4 rings (SSSR count). The Kier molecular flexibility index (Phi) is 5.99. The van der Waals surface area contributed by atoms with Crippen molar-refractivity contribution in [2.24, 2.45) is 0 Å². The van der Waals surface area contributed by atoms with E-state index in [0.717, 1.165) is 0 Å². The number of carbonyl (C=O) groups excluding carboxylic acids is 1. The van der Waals surface area contributed by atoms with Crippen molar-refractivity contribution in [3.63, 3.8) is 0 Å². The summed E-state index contributed by atoms with van der Waals surface area (Å²) < 4.78 is 34.7. The van der Waals surface area contributed by atoms with Crippen molar-refractivity contribution in [2.45, 2.75) is 5.60 Å². The molecule has 168 valence electrons. The minimum Gasteiger partial charge on any atom is -0.477 e. The number of benzene rings is 2. The van der Waals surface area contributed by atoms with Crippen LogP contribution in [0, 0.1) is 10.1 Å². The van der Waals surface area contributed by atoms with Crippen LogP contribution in [0.15, 0.2) is 79.0 Å². The lowest BCUT2D eigenvalue weighted by atomic mass is 9.91. The maximum atomic E-state index is 13.9. The molecule has 3 aromatic rings. The van der Waals surface area contributed by atoms with E-state index in [1.165, 1.54) is 29.0 Å². The first-order valence-corrected chi connectivity index (χ1v) is 9.91. The van der Waals surface area contributed by atoms with Crippen molar-refractivity contribution in [2.75, 3.05) is 24.1 Å². The molecule has 0 atom stereocenters. The van der Waals surface area contributed by atoms with E-state index in [1.807, 2.05) is 6.07 Å². The predicted octanol–water partition coefficient (Wildman–Crippen LogP) is 4.16. The molecule has 0 saturated heterocycles. The number of ether oxygens (including phenoxy) is 1. The quantitative estimate of drug-likeness (QED) is 0.333. The molecule has 0 aliphatic carbocycles. The van der Waals surface area contributed by atoms with Crippen molar-refractivity contribution in [1.82, 2.24) is 0 Å². The van der Waals surface area contributed by atoms with E-state index in [-0.39, 0.29) is 22.6 Å². The molecule has 1 aliphatic rings. The second-order valence-electron chi connectivity index (χ2n) is 7.32. The number of amides is 2. The maximum Gasteiger partial charge on any atom is 0.372 e. The summed E-state index contributed by atoms with van der Waals surface area (Å²) in [5.41, 5.74) is 2.00. The molecule has 8 nitrogen and oxygen atoms in total. The molecular weight excluding hydrogens is 434 g/mol. The summed E-state index contributed by atoms with van der Waals surface area (Å²) in [6.45, 7) is -2.31. The van der Waals surface area contributed by atoms with Gasteiger partial charge in [0.2, 0.25) is 11.9 Å². The number of nitro groups is 1. The van der Waals surface area contributed by atoms with Gasteiger partial charge in [-0.3, -0.25) is 10.1 Å². The van der Waals surface area contributed by atoms with E-state index in [9.17, 15) is 23.7 Å². The molecule has 1 aliphatic heterocycles. The third-order valence-corrected chi connectivity index (χ3v) is 5.03. The van der Waals surface area contributed by atoms with E-state index < -0.39 is 29.9 Å². The summed E-state index contributed by atoms with van der Waals surface area (Å²) >= 11 is 0. The summed E-state index contributed by atoms with van der Waals surface area (Å²) in [6, 6.07) is 16.9. The van der Waals surface area contributed by atoms with Gasteiger partial charge >= 0.3 is 6.03 Å². The van der Waals surface area contributed by atoms with Crippen molar-refractivity contribution in [3.8, 4) is 5.75 Å². The lowest BCUT2D eigenvalue weighted by Crippen LogP contribution is -2.53. The number of nitrogens with zero attached hydrogens (tertiary/aromatic N) is 2. The molecule has 0 bridgehead atoms. The first kappa shape index (κ1) is 21.9. The number of fused-ring (bicyclic) bond motifs is 1. The fourth-order valence-corrected chi connectivity index (χ4v) is 3.45. The standard InChI is InChI=1S/C23H18F2N4O4/c24-14-23(15-25)13-19(18-12-17(29(31)32)9-10-21(18)33-23)20-8-4-5-11-28(20)27-22(30)26-16-6-2-1-3-7-16/h1-13H,14-15H2,(H-,26,27,30)/p+1. The minimum absolute atomic E-state index is 0.0949. The molecule has 33 heavy (non-hydrogen) atoms. The highest BCUT2D eigenvalue weighted by atomic mass is 19.1. The number of hydrogen-bond donors (Lipinski definition) is 2. The van der Waals surface area contributed by atoms with Gasteiger partial charge in [-0.05, 0) is 30.3 Å². The lowest BCUT2D eigenvalue weighted by molar-refractivity contribution is -0.643. The van der Waals surface area contributed by atoms with Crippen LogP contribution >= 0.6 is 0 Å². The van der Waals surface area contributed by atoms with E-state index >= 15 is 0 Å². The Bertz CT molecular complexity index is 1230. The van der Waals surface area contributed by atoms with Crippen LogP contribution in [-0.4, -0.2) is 29.9 Å². The van der Waals surface area contributed by atoms with Gasteiger partial charge in [-0.25, -0.2) is 13.6 Å². The molecule has 2 amide bonds. The van der Waals surface area contributed by atoms with Gasteiger partial charge in [0.25, 0.3) is 5.69 Å². The van der Waals surface area contributed by atoms with E-state index in [1.54, 1.807) is 48.7 Å². The van der Waals surface area contributed by atoms with Gasteiger partial charge in [-0.15, -0.1) is 5.43 Å². The van der Waals surface area contributed by atoms with Crippen LogP contribution in [0.2, 0.25) is 0 Å². The first-order valence-electron chi connectivity index (χ1n) is 9.91. The number of rotatable bonds is 6. The third-order valence-electron chi connectivity index (χ3n) is 5.03. The molecule has 2 aromatic carbocycles. The number of nitro benzene ring substituents is 1. The number of urea groups is 1. The molecule has 0 saturated carbocycles. The molecule has 0 unspecified atom stereocenters. The first-order chi connectivity index (χ1) is 15.9. The summed E-state index contributed by atoms with van der Waals surface area (Å²) in [5, 5.41) is 14.0. The molecule has 0 fully saturated rings. The van der Waals surface area contributed by atoms with Crippen LogP contribution < -0.4 is 20.2 Å². The molecule has 2 heterocycles. The largest absolute Gasteiger partial charge is 0.477 e. The Balaban J connectivity index is 1.77. The van der Waals surface area contributed by atoms with Gasteiger partial charge in [0.15, 0.2) is 5.60 Å². The van der Waals surface area contributed by atoms with Gasteiger partial charge < -0.3 is 10.1 Å². The molecule has 1 aromatic heterocycles. The molecular formula is C23H19F2N4O4+. The normalized spacial score (nSPS) is 13.8. The second-order valence-corrected chi connectivity index (χ2v) is 7.32. The van der Waals surface area contributed by atoms with Gasteiger partial charge in [-0.1, -0.05) is 22.9 Å². The Morgan fingerprint density at radius 1 is 1.06 bits per heavy atom. The van der Waals surface area contributed by atoms with Crippen LogP contribution in [-0.2, 0) is 0 Å². The number of hydrogen-bond acceptors (Lipinski definition) is 4. The number of pyridine rings is 1. The number of non-ortho nitro benzene ring substituents is 1. The predicted molar refractivity (Wildman–Crippen MR) is 117 cm³/mol. The SMILES string of the molecule is O=C(Nc1ccccc1)N[n+]1ccccc1C1=CC(CF)(CF)Oc2ccc([N+](=O)[O-])cc21. The Hall–Kier alpha value is -4.34. The Morgan fingerprint density at radius 2 is 1.79 bits per heavy atom. The third kappa shape index (κ3) is 4.49. The molecule has 0 radical (unpaired) electrons. The van der Waals surface area contributed by atoms with Crippen molar-refractivity contribution < 1.29 is 27.9 Å². The zero-order valence-corrected chi connectivity index (χ0v) is 17.2. The number of alkyl halides is 2. The van der Waals surface area contributed by atoms with Crippen LogP contribution in [0.5, 0.6) is 5.75 Å². The fourth-order valence-electron chi connectivity index (χ4n) is 3.45. The number of anilines is 1. The van der Waals surface area contributed by atoms with Crippen LogP contribution in [0.3, 0.4) is 0 Å². The van der Waals surface area contributed by atoms with Gasteiger partial charge in [0, 0.05) is 35.5 Å². The average Bonchev–Trinajstić information content (AvgIpc) is 2.84. The lowest BCUT2D eigenvalue weighted by Gasteiger charge is -2.32. The number of carbonyl (C=O) groups is 1. The van der Waals surface area contributed by atoms with Crippen molar-refractivity contribution in [3.05, 3.63) is 100 Å². The molecule has 0 spiro atoms. The van der Waals surface area contributed by atoms with Gasteiger partial charge in [0.1, 0.15) is 19.1 Å². The van der Waals surface area contributed by atoms with E-state index in [2.05, 4.69) is 10.7 Å². The number of para-hydroxylation sites is 1. The summed E-state index contributed by atoms with van der Waals surface area (Å²) in [6.07, 6.45) is 2.79. The average molecular weight is 453 g/mol. The molecule has 10 heteroatoms. The number of nitrogens with one attached hydrogen (secondary N) is 2. The Morgan fingerprint density at radius 3 is 2.48 bits per heavy atom. The number of halogens is 2. The minimum atomic E-state index is -1.89. The van der Waals surface area contributed by atoms with Gasteiger partial charge in [-0.2, -0.15) is 0 Å². The fraction of sp³-hybridized carbons (Fsp3) is 0.130. The van der Waals surface area contributed by atoms with E-state index in [0.29, 0.717) is 11.4 Å². The van der Waals surface area contributed by atoms with Gasteiger partial charge in [0.05, 0.1) is 10.5 Å². The smallest absolute Gasteiger partial charge is 0.372 e. The monoisotopic (exact) mass is 453 g/mol.